The van der Waals surface area contributed by atoms with Crippen LogP contribution in [0.5, 0.6) is 0 Å². The number of benzene rings is 17. The molecule has 0 amide bonds. The van der Waals surface area contributed by atoms with Crippen molar-refractivity contribution in [3.63, 3.8) is 0 Å². The highest BCUT2D eigenvalue weighted by molar-refractivity contribution is 9.10. The maximum atomic E-state index is 12.4. The van der Waals surface area contributed by atoms with Gasteiger partial charge in [0.05, 0.1) is 55.5 Å². The van der Waals surface area contributed by atoms with Gasteiger partial charge in [-0.2, -0.15) is 0 Å². The molecule has 0 radical (unpaired) electrons. The first-order chi connectivity index (χ1) is 62.7. The highest BCUT2D eigenvalue weighted by Crippen LogP contribution is 2.40. The Morgan fingerprint density at radius 1 is 0.333 bits per heavy atom. The molecule has 632 valence electrons. The van der Waals surface area contributed by atoms with Crippen LogP contribution in [0.15, 0.2) is 387 Å². The molecule has 0 aliphatic heterocycles. The van der Waals surface area contributed by atoms with E-state index in [-0.39, 0.29) is 0 Å². The van der Waals surface area contributed by atoms with Crippen molar-refractivity contribution in [1.82, 2.24) is 28.7 Å². The maximum Gasteiger partial charge on any atom is 0.489 e. The van der Waals surface area contributed by atoms with Crippen molar-refractivity contribution in [2.24, 2.45) is 0 Å². The van der Waals surface area contributed by atoms with E-state index in [1.165, 1.54) is 38.0 Å². The van der Waals surface area contributed by atoms with E-state index in [2.05, 4.69) is 114 Å². The minimum Gasteiger partial charge on any atom is -0.423 e. The summed E-state index contributed by atoms with van der Waals surface area (Å²) in [4.78, 5) is 39.0. The summed E-state index contributed by atoms with van der Waals surface area (Å²) in [5, 5.41) is 33.3. The molecular formula is C105H72BBrCl8N8O5P+. The smallest absolute Gasteiger partial charge is 0.423 e. The molecule has 22 aromatic rings. The van der Waals surface area contributed by atoms with Gasteiger partial charge in [-0.25, -0.2) is 15.0 Å². The summed E-state index contributed by atoms with van der Waals surface area (Å²) in [6, 6.07) is 122. The van der Waals surface area contributed by atoms with Gasteiger partial charge in [-0.15, -0.1) is 0 Å². The van der Waals surface area contributed by atoms with Crippen LogP contribution in [0.4, 0.5) is 11.4 Å². The normalized spacial score (nSPS) is 10.9. The number of nitrogens with one attached hydrogen (secondary N) is 1. The third-order valence-corrected chi connectivity index (χ3v) is 25.2. The number of anilines is 2. The van der Waals surface area contributed by atoms with Gasteiger partial charge in [0.2, 0.25) is 0 Å². The van der Waals surface area contributed by atoms with Crippen molar-refractivity contribution in [2.45, 2.75) is 0 Å². The van der Waals surface area contributed by atoms with Gasteiger partial charge in [-0.1, -0.05) is 320 Å². The number of halogens is 9. The van der Waals surface area contributed by atoms with Crippen LogP contribution < -0.4 is 27.5 Å². The number of pyridine rings is 2. The molecule has 0 fully saturated rings. The first kappa shape index (κ1) is 91.0. The molecular weight excluding hydrogens is 1860 g/mol. The first-order valence-corrected chi connectivity index (χ1v) is 45.1. The molecule has 7 N–H and O–H groups in total. The van der Waals surface area contributed by atoms with Gasteiger partial charge >= 0.3 is 14.9 Å². The molecule has 1 atom stereocenters. The number of carbonyl (C=O) groups is 2. The molecule has 0 spiro atoms. The SMILES string of the molecule is Clc1ccc(-c2ccccc2Cl)c(-c2nc3ccccc3[nH]2)c1.Clc1ccc2c3ccccc3n3c4ccccc4nc3c2c1.Clc1ccc2c3ccccc3n3c4ccccc4nc3c2c1.Nc1ccccc1N.O=Cc1cc(Cl)ccc1-c1ccccc1Cl.O=Cc1cc(Cl)ccc1Br.O=[P+](c1ccccc1)c1ccc2ccccc2c1.OB(O)c1ccccc1Cl. The average Bonchev–Trinajstić information content (AvgIpc) is 1.60. The number of imidazole rings is 3. The van der Waals surface area contributed by atoms with Gasteiger partial charge in [-0.3, -0.25) is 18.4 Å². The van der Waals surface area contributed by atoms with E-state index in [0.717, 1.165) is 132 Å². The Kier molecular flexibility index (Phi) is 29.9. The lowest BCUT2D eigenvalue weighted by Crippen LogP contribution is -2.30. The van der Waals surface area contributed by atoms with Crippen LogP contribution in [-0.2, 0) is 4.57 Å². The van der Waals surface area contributed by atoms with Crippen LogP contribution in [0.2, 0.25) is 40.2 Å². The Morgan fingerprint density at radius 2 is 0.760 bits per heavy atom. The van der Waals surface area contributed by atoms with Crippen molar-refractivity contribution < 1.29 is 24.2 Å². The number of fused-ring (bicyclic) bond motifs is 18. The third-order valence-electron chi connectivity index (χ3n) is 20.8. The van der Waals surface area contributed by atoms with E-state index in [0.29, 0.717) is 58.1 Å². The van der Waals surface area contributed by atoms with E-state index >= 15 is 0 Å². The largest absolute Gasteiger partial charge is 0.489 e. The summed E-state index contributed by atoms with van der Waals surface area (Å²) >= 11 is 51.4. The molecule has 22 rings (SSSR count). The lowest BCUT2D eigenvalue weighted by atomic mass is 9.80. The number of nitrogens with zero attached hydrogens (tertiary/aromatic N) is 5. The van der Waals surface area contributed by atoms with Crippen LogP contribution in [0, 0.1) is 0 Å². The summed E-state index contributed by atoms with van der Waals surface area (Å²) in [7, 11) is -2.97. The Morgan fingerprint density at radius 3 is 1.28 bits per heavy atom. The fourth-order valence-electron chi connectivity index (χ4n) is 14.6. The molecule has 0 aliphatic carbocycles. The molecule has 1 unspecified atom stereocenters. The Balaban J connectivity index is 0.000000116. The summed E-state index contributed by atoms with van der Waals surface area (Å²) in [6.07, 6.45) is 1.54. The molecule has 129 heavy (non-hydrogen) atoms. The molecule has 13 nitrogen and oxygen atoms in total. The predicted molar refractivity (Wildman–Crippen MR) is 548 cm³/mol. The second kappa shape index (κ2) is 42.4. The van der Waals surface area contributed by atoms with Crippen LogP contribution >= 0.6 is 117 Å². The second-order valence-corrected chi connectivity index (χ2v) is 34.9. The van der Waals surface area contributed by atoms with Gasteiger partial charge in [-0.05, 0) is 209 Å². The van der Waals surface area contributed by atoms with Crippen LogP contribution in [-0.4, -0.2) is 58.5 Å². The standard InChI is InChI=1S/C19H12Cl2N2.2C19H11ClN2.C16H12OP.C13H8Cl2O.C7H4BrClO.C6H6BClO2.C6H8N2/c20-12-9-10-13(14-5-1-2-6-16(14)21)15(11-12)19-22-17-7-3-4-8-18(17)23-19;2*20-12-9-10-13-14-5-1-3-7-17(14)22-18-8-4-2-6-16(18)21-19(22)15(13)11-12;17-18(15-8-2-1-3-9-15)16-11-10-13-6-4-5-7-14(13)12-16;14-10-5-6-11(9(7-10)8-16)12-3-1-2-4-13(12)15;8-7-2-1-6(9)3-5(7)4-10;8-6-4-2-1-3-5(6)7(9)10;7-5-3-1-2-4-6(5)8/h1-11H,(H,22,23);2*1-11H;1-12H;1-8H;1-4H;1-4,9-10H;1-4H,7-8H2/q;;;+1;;;;. The summed E-state index contributed by atoms with van der Waals surface area (Å²) < 4.78 is 17.7. The Bertz CT molecular complexity index is 7660. The van der Waals surface area contributed by atoms with Crippen molar-refractivity contribution in [3.05, 3.63) is 438 Å². The number of hydrogen-bond acceptors (Lipinski definition) is 10. The van der Waals surface area contributed by atoms with Crippen LogP contribution in [0.25, 0.3) is 132 Å². The topological polar surface area (TPSA) is 207 Å². The van der Waals surface area contributed by atoms with Crippen molar-refractivity contribution in [1.29, 1.82) is 0 Å². The number of aldehydes is 2. The average molecular weight is 1930 g/mol. The number of nitrogens with two attached hydrogens (primary N) is 2. The summed E-state index contributed by atoms with van der Waals surface area (Å²) in [5.41, 5.74) is 28.5. The number of rotatable bonds is 8. The van der Waals surface area contributed by atoms with E-state index in [4.69, 9.17) is 124 Å². The van der Waals surface area contributed by atoms with Gasteiger partial charge in [0, 0.05) is 99.5 Å². The number of aromatic amines is 1. The summed E-state index contributed by atoms with van der Waals surface area (Å²) in [6.45, 7) is 0. The molecule has 17 aromatic carbocycles. The quantitative estimate of drug-likeness (QED) is 0.0320. The highest BCUT2D eigenvalue weighted by atomic mass is 79.9. The van der Waals surface area contributed by atoms with Crippen LogP contribution in [0.1, 0.15) is 20.7 Å². The minimum absolute atomic E-state index is 0.337. The molecule has 0 bridgehead atoms. The number of hydrogen-bond donors (Lipinski definition) is 5. The Labute approximate surface area is 791 Å². The van der Waals surface area contributed by atoms with Gasteiger partial charge in [0.15, 0.2) is 23.2 Å². The number of carbonyl (C=O) groups excluding carboxylic acids is 2. The fraction of sp³-hybridized carbons (Fsp3) is 0. The summed E-state index contributed by atoms with van der Waals surface area (Å²) in [5.74, 6) is 0.781. The number of H-pyrrole nitrogens is 1. The monoisotopic (exact) mass is 1930 g/mol. The lowest BCUT2D eigenvalue weighted by molar-refractivity contribution is 0.111. The van der Waals surface area contributed by atoms with Crippen molar-refractivity contribution >= 4 is 262 Å². The van der Waals surface area contributed by atoms with E-state index in [1.54, 1.807) is 78.9 Å². The van der Waals surface area contributed by atoms with Crippen molar-refractivity contribution in [2.75, 3.05) is 11.5 Å². The zero-order valence-electron chi connectivity index (χ0n) is 68.0. The van der Waals surface area contributed by atoms with E-state index < -0.39 is 14.9 Å². The molecule has 5 aromatic heterocycles. The molecule has 24 heteroatoms. The number of nitrogen functional groups attached to an aromatic ring is 2. The van der Waals surface area contributed by atoms with Gasteiger partial charge in [0.1, 0.15) is 17.1 Å². The number of para-hydroxylation sites is 10. The van der Waals surface area contributed by atoms with E-state index in [1.807, 2.05) is 224 Å². The predicted octanol–water partition coefficient (Wildman–Crippen LogP) is 29.0. The fourth-order valence-corrected chi connectivity index (χ4v) is 17.8. The third kappa shape index (κ3) is 21.3. The molecule has 5 heterocycles. The lowest BCUT2D eigenvalue weighted by Gasteiger charge is -2.10. The van der Waals surface area contributed by atoms with E-state index in [9.17, 15) is 14.2 Å². The second-order valence-electron chi connectivity index (χ2n) is 29.0. The maximum absolute atomic E-state index is 12.4. The first-order valence-electron chi connectivity index (χ1n) is 40.1. The van der Waals surface area contributed by atoms with Crippen molar-refractivity contribution in [3.8, 4) is 33.6 Å². The molecule has 0 saturated heterocycles. The zero-order valence-corrected chi connectivity index (χ0v) is 76.5. The molecule has 0 aliphatic rings. The van der Waals surface area contributed by atoms with Gasteiger partial charge in [0.25, 0.3) is 0 Å². The van der Waals surface area contributed by atoms with Crippen LogP contribution in [0.3, 0.4) is 0 Å². The Hall–Kier alpha value is -12.8. The minimum atomic E-state index is -1.49. The van der Waals surface area contributed by atoms with Gasteiger partial charge < -0.3 is 26.5 Å². The number of aromatic nitrogens is 6. The highest BCUT2D eigenvalue weighted by Gasteiger charge is 2.24. The zero-order chi connectivity index (χ0) is 90.2. The molecule has 0 saturated carbocycles.